The Kier molecular flexibility index (Phi) is 3.47. The first-order valence-electron chi connectivity index (χ1n) is 4.16. The van der Waals surface area contributed by atoms with Gasteiger partial charge in [-0.3, -0.25) is 0 Å². The monoisotopic (exact) mass is 216 g/mol. The summed E-state index contributed by atoms with van der Waals surface area (Å²) < 4.78 is 17.7. The molecule has 0 heterocycles. The van der Waals surface area contributed by atoms with Crippen LogP contribution in [0.3, 0.4) is 0 Å². The van der Waals surface area contributed by atoms with Gasteiger partial charge < -0.3 is 4.74 Å². The summed E-state index contributed by atoms with van der Waals surface area (Å²) in [5.74, 6) is -0.949. The molecular weight excluding hydrogens is 207 g/mol. The van der Waals surface area contributed by atoms with Crippen molar-refractivity contribution in [2.45, 2.75) is 13.3 Å². The molecule has 0 fully saturated rings. The second-order valence-electron chi connectivity index (χ2n) is 2.77. The first-order valence-corrected chi connectivity index (χ1v) is 4.54. The number of ether oxygens (including phenoxy) is 1. The van der Waals surface area contributed by atoms with Crippen LogP contribution in [-0.4, -0.2) is 13.1 Å². The Morgan fingerprint density at radius 3 is 2.71 bits per heavy atom. The molecule has 0 aliphatic rings. The van der Waals surface area contributed by atoms with Crippen molar-refractivity contribution in [3.63, 3.8) is 0 Å². The van der Waals surface area contributed by atoms with Crippen molar-refractivity contribution in [3.05, 3.63) is 34.1 Å². The molecule has 0 amide bonds. The number of hydrogen-bond donors (Lipinski definition) is 0. The summed E-state index contributed by atoms with van der Waals surface area (Å²) in [5, 5.41) is 0.0755. The molecule has 1 rings (SSSR count). The van der Waals surface area contributed by atoms with Crippen molar-refractivity contribution in [2.75, 3.05) is 7.11 Å². The topological polar surface area (TPSA) is 26.3 Å². The lowest BCUT2D eigenvalue weighted by molar-refractivity contribution is 0.0601. The number of carbonyl (C=O) groups excluding carboxylic acids is 1. The van der Waals surface area contributed by atoms with Gasteiger partial charge in [-0.1, -0.05) is 18.5 Å². The van der Waals surface area contributed by atoms with Gasteiger partial charge >= 0.3 is 5.97 Å². The zero-order valence-corrected chi connectivity index (χ0v) is 8.69. The van der Waals surface area contributed by atoms with Gasteiger partial charge in [0.2, 0.25) is 0 Å². The molecule has 0 unspecified atom stereocenters. The largest absolute Gasteiger partial charge is 0.465 e. The zero-order valence-electron chi connectivity index (χ0n) is 7.93. The minimum atomic E-state index is -0.551. The predicted octanol–water partition coefficient (Wildman–Crippen LogP) is 2.83. The molecule has 1 aromatic rings. The van der Waals surface area contributed by atoms with Crippen molar-refractivity contribution in [2.24, 2.45) is 0 Å². The first kappa shape index (κ1) is 11.0. The van der Waals surface area contributed by atoms with Gasteiger partial charge in [-0.05, 0) is 24.1 Å². The van der Waals surface area contributed by atoms with Crippen molar-refractivity contribution in [3.8, 4) is 0 Å². The standard InChI is InChI=1S/C10H10ClFO2/c1-3-6-4-7(10(13)14-2)8(11)5-9(6)12/h4-5H,3H2,1-2H3. The molecule has 0 bridgehead atoms. The molecular formula is C10H10ClFO2. The van der Waals surface area contributed by atoms with E-state index in [1.165, 1.54) is 13.2 Å². The maximum atomic E-state index is 13.2. The number of hydrogen-bond acceptors (Lipinski definition) is 2. The Hall–Kier alpha value is -1.09. The van der Waals surface area contributed by atoms with Crippen molar-refractivity contribution < 1.29 is 13.9 Å². The fourth-order valence-corrected chi connectivity index (χ4v) is 1.36. The molecule has 0 aliphatic heterocycles. The number of methoxy groups -OCH3 is 1. The van der Waals surface area contributed by atoms with E-state index in [9.17, 15) is 9.18 Å². The fourth-order valence-electron chi connectivity index (χ4n) is 1.13. The number of aryl methyl sites for hydroxylation is 1. The smallest absolute Gasteiger partial charge is 0.339 e. The highest BCUT2D eigenvalue weighted by atomic mass is 35.5. The summed E-state index contributed by atoms with van der Waals surface area (Å²) in [6.45, 7) is 1.80. The fraction of sp³-hybridized carbons (Fsp3) is 0.300. The SMILES string of the molecule is CCc1cc(C(=O)OC)c(Cl)cc1F. The highest BCUT2D eigenvalue weighted by Gasteiger charge is 2.13. The Morgan fingerprint density at radius 1 is 1.57 bits per heavy atom. The highest BCUT2D eigenvalue weighted by Crippen LogP contribution is 2.21. The van der Waals surface area contributed by atoms with E-state index in [1.54, 1.807) is 6.92 Å². The first-order chi connectivity index (χ1) is 6.60. The number of esters is 1. The van der Waals surface area contributed by atoms with Gasteiger partial charge in [-0.2, -0.15) is 0 Å². The summed E-state index contributed by atoms with van der Waals surface area (Å²) in [5.41, 5.74) is 0.655. The Balaban J connectivity index is 3.24. The number of benzene rings is 1. The minimum absolute atomic E-state index is 0.0755. The molecule has 0 aliphatic carbocycles. The van der Waals surface area contributed by atoms with E-state index < -0.39 is 11.8 Å². The molecule has 2 nitrogen and oxygen atoms in total. The van der Waals surface area contributed by atoms with E-state index >= 15 is 0 Å². The summed E-state index contributed by atoms with van der Waals surface area (Å²) in [6.07, 6.45) is 0.507. The van der Waals surface area contributed by atoms with Crippen LogP contribution in [0, 0.1) is 5.82 Å². The molecule has 0 aromatic heterocycles. The second-order valence-corrected chi connectivity index (χ2v) is 3.18. The van der Waals surface area contributed by atoms with Gasteiger partial charge in [0.05, 0.1) is 17.7 Å². The lowest BCUT2D eigenvalue weighted by atomic mass is 10.1. The molecule has 0 atom stereocenters. The average molecular weight is 217 g/mol. The maximum Gasteiger partial charge on any atom is 0.339 e. The Morgan fingerprint density at radius 2 is 2.21 bits per heavy atom. The number of carbonyl (C=O) groups is 1. The van der Waals surface area contributed by atoms with Gasteiger partial charge in [0, 0.05) is 0 Å². The number of rotatable bonds is 2. The molecule has 0 spiro atoms. The summed E-state index contributed by atoms with van der Waals surface area (Å²) in [6, 6.07) is 2.55. The Bertz CT molecular complexity index is 363. The molecule has 76 valence electrons. The highest BCUT2D eigenvalue weighted by molar-refractivity contribution is 6.33. The zero-order chi connectivity index (χ0) is 10.7. The minimum Gasteiger partial charge on any atom is -0.465 e. The molecule has 0 N–H and O–H groups in total. The van der Waals surface area contributed by atoms with Crippen LogP contribution in [0.5, 0.6) is 0 Å². The van der Waals surface area contributed by atoms with E-state index in [-0.39, 0.29) is 10.6 Å². The summed E-state index contributed by atoms with van der Waals surface area (Å²) in [4.78, 5) is 11.2. The third-order valence-electron chi connectivity index (χ3n) is 1.92. The third kappa shape index (κ3) is 2.04. The quantitative estimate of drug-likeness (QED) is 0.711. The van der Waals surface area contributed by atoms with Crippen LogP contribution in [0.15, 0.2) is 12.1 Å². The van der Waals surface area contributed by atoms with Crippen LogP contribution in [0.1, 0.15) is 22.8 Å². The van der Waals surface area contributed by atoms with E-state index in [0.717, 1.165) is 6.07 Å². The molecule has 0 saturated heterocycles. The molecule has 0 radical (unpaired) electrons. The lowest BCUT2D eigenvalue weighted by Gasteiger charge is -2.05. The van der Waals surface area contributed by atoms with Gasteiger partial charge in [0.25, 0.3) is 0 Å². The van der Waals surface area contributed by atoms with E-state index in [0.29, 0.717) is 12.0 Å². The lowest BCUT2D eigenvalue weighted by Crippen LogP contribution is -2.04. The van der Waals surface area contributed by atoms with Gasteiger partial charge in [-0.15, -0.1) is 0 Å². The predicted molar refractivity (Wildman–Crippen MR) is 52.1 cm³/mol. The number of halogens is 2. The van der Waals surface area contributed by atoms with Crippen LogP contribution in [0.4, 0.5) is 4.39 Å². The van der Waals surface area contributed by atoms with Crippen LogP contribution in [-0.2, 0) is 11.2 Å². The van der Waals surface area contributed by atoms with E-state index in [4.69, 9.17) is 11.6 Å². The maximum absolute atomic E-state index is 13.2. The van der Waals surface area contributed by atoms with Gasteiger partial charge in [0.15, 0.2) is 0 Å². The van der Waals surface area contributed by atoms with Crippen LogP contribution in [0.25, 0.3) is 0 Å². The Labute approximate surface area is 86.6 Å². The van der Waals surface area contributed by atoms with Crippen LogP contribution in [0.2, 0.25) is 5.02 Å². The summed E-state index contributed by atoms with van der Waals surface area (Å²) >= 11 is 5.69. The van der Waals surface area contributed by atoms with Crippen LogP contribution < -0.4 is 0 Å². The third-order valence-corrected chi connectivity index (χ3v) is 2.24. The van der Waals surface area contributed by atoms with Gasteiger partial charge in [0.1, 0.15) is 5.82 Å². The van der Waals surface area contributed by atoms with Crippen molar-refractivity contribution in [1.29, 1.82) is 0 Å². The molecule has 14 heavy (non-hydrogen) atoms. The van der Waals surface area contributed by atoms with E-state index in [1.807, 2.05) is 0 Å². The molecule has 4 heteroatoms. The molecule has 0 saturated carbocycles. The van der Waals surface area contributed by atoms with Gasteiger partial charge in [-0.25, -0.2) is 9.18 Å². The van der Waals surface area contributed by atoms with Crippen molar-refractivity contribution in [1.82, 2.24) is 0 Å². The van der Waals surface area contributed by atoms with Crippen LogP contribution >= 0.6 is 11.6 Å². The van der Waals surface area contributed by atoms with Crippen molar-refractivity contribution >= 4 is 17.6 Å². The summed E-state index contributed by atoms with van der Waals surface area (Å²) in [7, 11) is 1.26. The second kappa shape index (κ2) is 4.42. The van der Waals surface area contributed by atoms with E-state index in [2.05, 4.69) is 4.74 Å². The average Bonchev–Trinajstić information content (AvgIpc) is 2.17. The molecule has 1 aromatic carbocycles. The normalized spacial score (nSPS) is 10.0.